The molecule has 1 aromatic rings. The van der Waals surface area contributed by atoms with Gasteiger partial charge in [-0.15, -0.1) is 0 Å². The summed E-state index contributed by atoms with van der Waals surface area (Å²) in [5.41, 5.74) is -0.292. The molecule has 84 valence electrons. The number of anilines is 1. The molecule has 1 fully saturated rings. The molecule has 1 unspecified atom stereocenters. The maximum atomic E-state index is 11.5. The number of aromatic nitrogens is 2. The van der Waals surface area contributed by atoms with Gasteiger partial charge in [-0.1, -0.05) is 6.92 Å². The van der Waals surface area contributed by atoms with Gasteiger partial charge >= 0.3 is 0 Å². The highest BCUT2D eigenvalue weighted by Gasteiger charge is 2.18. The zero-order valence-electron chi connectivity index (χ0n) is 9.23. The fourth-order valence-corrected chi connectivity index (χ4v) is 2.01. The molecule has 0 radical (unpaired) electrons. The molecular weight excluding hydrogens is 204 g/mol. The summed E-state index contributed by atoms with van der Waals surface area (Å²) in [4.78, 5) is 20.3. The Kier molecular flexibility index (Phi) is 2.91. The minimum Gasteiger partial charge on any atom is -0.342 e. The van der Waals surface area contributed by atoms with Crippen LogP contribution in [0, 0.1) is 17.2 Å². The lowest BCUT2D eigenvalue weighted by Gasteiger charge is -2.31. The van der Waals surface area contributed by atoms with Crippen molar-refractivity contribution in [2.45, 2.75) is 19.8 Å². The molecule has 0 aliphatic carbocycles. The van der Waals surface area contributed by atoms with E-state index in [1.807, 2.05) is 6.07 Å². The molecule has 2 rings (SSSR count). The van der Waals surface area contributed by atoms with E-state index in [4.69, 9.17) is 5.26 Å². The van der Waals surface area contributed by atoms with Crippen LogP contribution in [0.5, 0.6) is 0 Å². The SMILES string of the molecule is CC1CCCN(c2ncc(C#N)c(=O)[nH]2)C1. The van der Waals surface area contributed by atoms with Crippen LogP contribution in [0.4, 0.5) is 5.95 Å². The number of rotatable bonds is 1. The van der Waals surface area contributed by atoms with Crippen LogP contribution >= 0.6 is 0 Å². The molecule has 1 saturated heterocycles. The molecule has 1 aliphatic heterocycles. The number of hydrogen-bond donors (Lipinski definition) is 1. The zero-order valence-corrected chi connectivity index (χ0v) is 9.23. The average Bonchev–Trinajstić information content (AvgIpc) is 2.29. The third kappa shape index (κ3) is 2.06. The Balaban J connectivity index is 2.24. The van der Waals surface area contributed by atoms with E-state index in [9.17, 15) is 4.79 Å². The van der Waals surface area contributed by atoms with Gasteiger partial charge in [0, 0.05) is 13.1 Å². The van der Waals surface area contributed by atoms with Crippen LogP contribution in [0.1, 0.15) is 25.3 Å². The standard InChI is InChI=1S/C11H14N4O/c1-8-3-2-4-15(7-8)11-13-6-9(5-12)10(16)14-11/h6,8H,2-4,7H2,1H3,(H,13,14,16). The first-order valence-corrected chi connectivity index (χ1v) is 5.45. The van der Waals surface area contributed by atoms with Crippen LogP contribution in [0.3, 0.4) is 0 Å². The highest BCUT2D eigenvalue weighted by atomic mass is 16.1. The fourth-order valence-electron chi connectivity index (χ4n) is 2.01. The molecule has 0 saturated carbocycles. The highest BCUT2D eigenvalue weighted by molar-refractivity contribution is 5.33. The van der Waals surface area contributed by atoms with E-state index in [1.165, 1.54) is 12.6 Å². The van der Waals surface area contributed by atoms with Gasteiger partial charge in [-0.05, 0) is 18.8 Å². The van der Waals surface area contributed by atoms with Crippen molar-refractivity contribution in [3.8, 4) is 6.07 Å². The first kappa shape index (κ1) is 10.7. The van der Waals surface area contributed by atoms with Crippen LogP contribution in [0.2, 0.25) is 0 Å². The summed E-state index contributed by atoms with van der Waals surface area (Å²) in [5.74, 6) is 1.20. The topological polar surface area (TPSA) is 72.8 Å². The summed E-state index contributed by atoms with van der Waals surface area (Å²) < 4.78 is 0. The number of H-pyrrole nitrogens is 1. The quantitative estimate of drug-likeness (QED) is 0.759. The Bertz CT molecular complexity index is 474. The van der Waals surface area contributed by atoms with E-state index in [-0.39, 0.29) is 11.1 Å². The van der Waals surface area contributed by atoms with Crippen LogP contribution < -0.4 is 10.5 Å². The molecule has 5 heteroatoms. The van der Waals surface area contributed by atoms with Crippen molar-refractivity contribution < 1.29 is 0 Å². The monoisotopic (exact) mass is 218 g/mol. The summed E-state index contributed by atoms with van der Waals surface area (Å²) in [6.45, 7) is 4.02. The Hall–Kier alpha value is -1.83. The third-order valence-electron chi connectivity index (χ3n) is 2.86. The van der Waals surface area contributed by atoms with E-state index in [2.05, 4.69) is 21.8 Å². The normalized spacial score (nSPS) is 20.5. The van der Waals surface area contributed by atoms with E-state index in [0.29, 0.717) is 11.9 Å². The van der Waals surface area contributed by atoms with Crippen molar-refractivity contribution >= 4 is 5.95 Å². The second-order valence-corrected chi connectivity index (χ2v) is 4.25. The van der Waals surface area contributed by atoms with Gasteiger partial charge in [-0.25, -0.2) is 4.98 Å². The second kappa shape index (κ2) is 4.35. The Morgan fingerprint density at radius 3 is 3.12 bits per heavy atom. The summed E-state index contributed by atoms with van der Waals surface area (Å²) in [6.07, 6.45) is 3.68. The first-order valence-electron chi connectivity index (χ1n) is 5.45. The van der Waals surface area contributed by atoms with Crippen molar-refractivity contribution in [1.29, 1.82) is 5.26 Å². The maximum absolute atomic E-state index is 11.5. The van der Waals surface area contributed by atoms with E-state index in [1.54, 1.807) is 0 Å². The van der Waals surface area contributed by atoms with Crippen molar-refractivity contribution in [3.05, 3.63) is 22.1 Å². The van der Waals surface area contributed by atoms with Gasteiger partial charge in [0.2, 0.25) is 5.95 Å². The lowest BCUT2D eigenvalue weighted by atomic mass is 10.0. The first-order chi connectivity index (χ1) is 7.70. The van der Waals surface area contributed by atoms with Crippen molar-refractivity contribution in [1.82, 2.24) is 9.97 Å². The van der Waals surface area contributed by atoms with Gasteiger partial charge < -0.3 is 4.90 Å². The van der Waals surface area contributed by atoms with E-state index < -0.39 is 0 Å². The molecule has 16 heavy (non-hydrogen) atoms. The van der Waals surface area contributed by atoms with Gasteiger partial charge in [0.15, 0.2) is 0 Å². The van der Waals surface area contributed by atoms with Crippen molar-refractivity contribution in [3.63, 3.8) is 0 Å². The van der Waals surface area contributed by atoms with Gasteiger partial charge in [0.05, 0.1) is 6.20 Å². The van der Waals surface area contributed by atoms with Crippen LogP contribution in [0.25, 0.3) is 0 Å². The fraction of sp³-hybridized carbons (Fsp3) is 0.545. The van der Waals surface area contributed by atoms with Crippen molar-refractivity contribution in [2.24, 2.45) is 5.92 Å². The minimum atomic E-state index is -0.356. The van der Waals surface area contributed by atoms with Crippen LogP contribution in [0.15, 0.2) is 11.0 Å². The Morgan fingerprint density at radius 2 is 2.50 bits per heavy atom. The molecule has 1 atom stereocenters. The molecule has 2 heterocycles. The summed E-state index contributed by atoms with van der Waals surface area (Å²) >= 11 is 0. The number of nitrogens with one attached hydrogen (secondary N) is 1. The number of piperidine rings is 1. The molecule has 1 N–H and O–H groups in total. The number of nitriles is 1. The minimum absolute atomic E-state index is 0.0637. The van der Waals surface area contributed by atoms with E-state index >= 15 is 0 Å². The predicted molar refractivity (Wildman–Crippen MR) is 60.2 cm³/mol. The largest absolute Gasteiger partial charge is 0.342 e. The third-order valence-corrected chi connectivity index (χ3v) is 2.86. The summed E-state index contributed by atoms with van der Waals surface area (Å²) in [6, 6.07) is 1.81. The van der Waals surface area contributed by atoms with Crippen LogP contribution in [-0.4, -0.2) is 23.1 Å². The maximum Gasteiger partial charge on any atom is 0.270 e. The second-order valence-electron chi connectivity index (χ2n) is 4.25. The van der Waals surface area contributed by atoms with Crippen molar-refractivity contribution in [2.75, 3.05) is 18.0 Å². The molecule has 1 aliphatic rings. The molecule has 0 bridgehead atoms. The predicted octanol–water partition coefficient (Wildman–Crippen LogP) is 0.878. The lowest BCUT2D eigenvalue weighted by molar-refractivity contribution is 0.441. The Morgan fingerprint density at radius 1 is 1.69 bits per heavy atom. The number of nitrogens with zero attached hydrogens (tertiary/aromatic N) is 3. The van der Waals surface area contributed by atoms with Gasteiger partial charge in [0.25, 0.3) is 5.56 Å². The Labute approximate surface area is 93.7 Å². The molecule has 0 aromatic carbocycles. The van der Waals surface area contributed by atoms with E-state index in [0.717, 1.165) is 19.5 Å². The summed E-state index contributed by atoms with van der Waals surface area (Å²) in [7, 11) is 0. The van der Waals surface area contributed by atoms with Crippen LogP contribution in [-0.2, 0) is 0 Å². The average molecular weight is 218 g/mol. The highest BCUT2D eigenvalue weighted by Crippen LogP contribution is 2.18. The molecular formula is C11H14N4O. The molecule has 1 aromatic heterocycles. The smallest absolute Gasteiger partial charge is 0.270 e. The molecule has 0 spiro atoms. The van der Waals surface area contributed by atoms with Gasteiger partial charge in [0.1, 0.15) is 11.6 Å². The number of aromatic amines is 1. The zero-order chi connectivity index (χ0) is 11.5. The van der Waals surface area contributed by atoms with Gasteiger partial charge in [-0.2, -0.15) is 5.26 Å². The van der Waals surface area contributed by atoms with Gasteiger partial charge in [-0.3, -0.25) is 9.78 Å². The number of hydrogen-bond acceptors (Lipinski definition) is 4. The molecule has 5 nitrogen and oxygen atoms in total. The molecule has 0 amide bonds. The summed E-state index contributed by atoms with van der Waals surface area (Å²) in [5, 5.41) is 8.64. The lowest BCUT2D eigenvalue weighted by Crippen LogP contribution is -2.36.